The van der Waals surface area contributed by atoms with E-state index in [4.69, 9.17) is 23.7 Å². The van der Waals surface area contributed by atoms with Gasteiger partial charge in [0.2, 0.25) is 11.5 Å². The van der Waals surface area contributed by atoms with Crippen LogP contribution in [0.15, 0.2) is 18.2 Å². The van der Waals surface area contributed by atoms with Gasteiger partial charge in [-0.1, -0.05) is 12.1 Å². The molecule has 0 unspecified atom stereocenters. The maximum absolute atomic E-state index is 5.70. The number of hydrogen-bond acceptors (Lipinski definition) is 5. The van der Waals surface area contributed by atoms with Gasteiger partial charge >= 0.3 is 0 Å². The van der Waals surface area contributed by atoms with Crippen molar-refractivity contribution in [1.29, 1.82) is 0 Å². The summed E-state index contributed by atoms with van der Waals surface area (Å²) in [5, 5.41) is 1.65. The van der Waals surface area contributed by atoms with Crippen molar-refractivity contribution in [1.82, 2.24) is 0 Å². The molecule has 0 bridgehead atoms. The van der Waals surface area contributed by atoms with E-state index in [0.29, 0.717) is 35.4 Å². The Hall–Kier alpha value is -2.30. The average molecular weight is 292 g/mol. The van der Waals surface area contributed by atoms with Crippen LogP contribution in [0.25, 0.3) is 10.8 Å². The lowest BCUT2D eigenvalue weighted by atomic mass is 10.1. The fourth-order valence-electron chi connectivity index (χ4n) is 2.44. The quantitative estimate of drug-likeness (QED) is 0.817. The fraction of sp³-hybridized carbons (Fsp3) is 0.375. The van der Waals surface area contributed by atoms with Crippen molar-refractivity contribution in [2.75, 3.05) is 35.0 Å². The van der Waals surface area contributed by atoms with Crippen LogP contribution < -0.4 is 23.7 Å². The summed E-state index contributed by atoms with van der Waals surface area (Å²) in [5.41, 5.74) is 0. The molecule has 2 aromatic carbocycles. The standard InChI is InChI=1S/C16H20O5/c1-6-21-11-9-7-8-10-12(11)14(18-3)16(20-5)15(19-4)13(10)17-2/h7-9H,6H2,1-5H3. The Morgan fingerprint density at radius 3 is 1.86 bits per heavy atom. The topological polar surface area (TPSA) is 46.2 Å². The van der Waals surface area contributed by atoms with E-state index < -0.39 is 0 Å². The van der Waals surface area contributed by atoms with E-state index in [1.807, 2.05) is 25.1 Å². The largest absolute Gasteiger partial charge is 0.493 e. The van der Waals surface area contributed by atoms with Crippen molar-refractivity contribution in [2.45, 2.75) is 6.92 Å². The Balaban J connectivity index is 2.96. The van der Waals surface area contributed by atoms with E-state index in [9.17, 15) is 0 Å². The summed E-state index contributed by atoms with van der Waals surface area (Å²) < 4.78 is 27.6. The lowest BCUT2D eigenvalue weighted by Crippen LogP contribution is -2.01. The highest BCUT2D eigenvalue weighted by atomic mass is 16.5. The Bertz CT molecular complexity index is 636. The van der Waals surface area contributed by atoms with Crippen LogP contribution in [-0.2, 0) is 0 Å². The van der Waals surface area contributed by atoms with Crippen LogP contribution >= 0.6 is 0 Å². The molecule has 5 heteroatoms. The maximum atomic E-state index is 5.70. The summed E-state index contributed by atoms with van der Waals surface area (Å²) in [4.78, 5) is 0. The van der Waals surface area contributed by atoms with E-state index in [1.165, 1.54) is 0 Å². The van der Waals surface area contributed by atoms with Gasteiger partial charge in [-0.25, -0.2) is 0 Å². The molecule has 0 saturated carbocycles. The van der Waals surface area contributed by atoms with E-state index in [1.54, 1.807) is 28.4 Å². The van der Waals surface area contributed by atoms with Crippen LogP contribution in [0.4, 0.5) is 0 Å². The molecule has 0 amide bonds. The summed E-state index contributed by atoms with van der Waals surface area (Å²) in [7, 11) is 6.31. The minimum atomic E-state index is 0.483. The molecule has 0 aliphatic rings. The van der Waals surface area contributed by atoms with Crippen LogP contribution in [0.3, 0.4) is 0 Å². The number of hydrogen-bond donors (Lipinski definition) is 0. The average Bonchev–Trinajstić information content (AvgIpc) is 2.52. The van der Waals surface area contributed by atoms with Gasteiger partial charge in [-0.05, 0) is 13.0 Å². The first kappa shape index (κ1) is 15.1. The molecule has 0 fully saturated rings. The predicted octanol–water partition coefficient (Wildman–Crippen LogP) is 3.27. The summed E-state index contributed by atoms with van der Waals surface area (Å²) in [6, 6.07) is 5.72. The first-order chi connectivity index (χ1) is 10.2. The molecule has 0 spiro atoms. The minimum Gasteiger partial charge on any atom is -0.493 e. The minimum absolute atomic E-state index is 0.483. The molecule has 5 nitrogen and oxygen atoms in total. The molecule has 2 aromatic rings. The van der Waals surface area contributed by atoms with Crippen LogP contribution in [0.2, 0.25) is 0 Å². The Kier molecular flexibility index (Phi) is 4.62. The number of benzene rings is 2. The van der Waals surface area contributed by atoms with Gasteiger partial charge in [0.05, 0.1) is 40.4 Å². The van der Waals surface area contributed by atoms with E-state index in [2.05, 4.69) is 0 Å². The highest BCUT2D eigenvalue weighted by Crippen LogP contribution is 2.53. The third-order valence-corrected chi connectivity index (χ3v) is 3.23. The maximum Gasteiger partial charge on any atom is 0.208 e. The molecule has 0 saturated heterocycles. The Labute approximate surface area is 124 Å². The molecule has 2 rings (SSSR count). The normalized spacial score (nSPS) is 10.3. The van der Waals surface area contributed by atoms with Gasteiger partial charge in [0.25, 0.3) is 0 Å². The third kappa shape index (κ3) is 2.39. The van der Waals surface area contributed by atoms with Gasteiger partial charge in [-0.3, -0.25) is 0 Å². The highest BCUT2D eigenvalue weighted by molar-refractivity contribution is 6.02. The van der Waals surface area contributed by atoms with Gasteiger partial charge in [-0.2, -0.15) is 0 Å². The number of ether oxygens (including phenoxy) is 5. The van der Waals surface area contributed by atoms with Crippen LogP contribution in [0, 0.1) is 0 Å². The lowest BCUT2D eigenvalue weighted by molar-refractivity contribution is 0.307. The van der Waals surface area contributed by atoms with Gasteiger partial charge < -0.3 is 23.7 Å². The van der Waals surface area contributed by atoms with Gasteiger partial charge in [0, 0.05) is 5.39 Å². The molecule has 0 aliphatic carbocycles. The molecule has 0 aromatic heterocycles. The second kappa shape index (κ2) is 6.43. The number of methoxy groups -OCH3 is 4. The molecule has 0 aliphatic heterocycles. The van der Waals surface area contributed by atoms with Gasteiger partial charge in [0.15, 0.2) is 11.5 Å². The molecule has 0 radical (unpaired) electrons. The Morgan fingerprint density at radius 2 is 1.33 bits per heavy atom. The molecule has 0 N–H and O–H groups in total. The molecule has 0 heterocycles. The Morgan fingerprint density at radius 1 is 0.762 bits per heavy atom. The number of fused-ring (bicyclic) bond motifs is 1. The zero-order valence-corrected chi connectivity index (χ0v) is 13.0. The summed E-state index contributed by atoms with van der Waals surface area (Å²) in [6.45, 7) is 2.49. The zero-order chi connectivity index (χ0) is 15.4. The predicted molar refractivity (Wildman–Crippen MR) is 81.3 cm³/mol. The SMILES string of the molecule is CCOc1cccc2c(OC)c(OC)c(OC)c(OC)c12. The first-order valence-corrected chi connectivity index (χ1v) is 6.64. The van der Waals surface area contributed by atoms with E-state index >= 15 is 0 Å². The fourth-order valence-corrected chi connectivity index (χ4v) is 2.44. The van der Waals surface area contributed by atoms with Crippen LogP contribution in [0.1, 0.15) is 6.92 Å². The zero-order valence-electron chi connectivity index (χ0n) is 13.0. The van der Waals surface area contributed by atoms with E-state index in [-0.39, 0.29) is 0 Å². The third-order valence-electron chi connectivity index (χ3n) is 3.23. The highest BCUT2D eigenvalue weighted by Gasteiger charge is 2.24. The first-order valence-electron chi connectivity index (χ1n) is 6.64. The van der Waals surface area contributed by atoms with Crippen LogP contribution in [0.5, 0.6) is 28.7 Å². The van der Waals surface area contributed by atoms with Crippen molar-refractivity contribution in [3.05, 3.63) is 18.2 Å². The smallest absolute Gasteiger partial charge is 0.208 e. The van der Waals surface area contributed by atoms with E-state index in [0.717, 1.165) is 10.8 Å². The van der Waals surface area contributed by atoms with Crippen molar-refractivity contribution in [3.8, 4) is 28.7 Å². The van der Waals surface area contributed by atoms with Gasteiger partial charge in [0.1, 0.15) is 5.75 Å². The second-order valence-corrected chi connectivity index (χ2v) is 4.24. The molecule has 21 heavy (non-hydrogen) atoms. The van der Waals surface area contributed by atoms with Crippen molar-refractivity contribution < 1.29 is 23.7 Å². The number of rotatable bonds is 6. The van der Waals surface area contributed by atoms with Crippen molar-refractivity contribution >= 4 is 10.8 Å². The lowest BCUT2D eigenvalue weighted by Gasteiger charge is -2.20. The van der Waals surface area contributed by atoms with Crippen molar-refractivity contribution in [2.24, 2.45) is 0 Å². The van der Waals surface area contributed by atoms with Crippen molar-refractivity contribution in [3.63, 3.8) is 0 Å². The molecular weight excluding hydrogens is 272 g/mol. The second-order valence-electron chi connectivity index (χ2n) is 4.24. The molecule has 114 valence electrons. The summed E-state index contributed by atoms with van der Waals surface area (Å²) in [5.74, 6) is 2.85. The monoisotopic (exact) mass is 292 g/mol. The van der Waals surface area contributed by atoms with Gasteiger partial charge in [-0.15, -0.1) is 0 Å². The molecular formula is C16H20O5. The van der Waals surface area contributed by atoms with Crippen LogP contribution in [-0.4, -0.2) is 35.0 Å². The summed E-state index contributed by atoms with van der Waals surface area (Å²) >= 11 is 0. The molecule has 0 atom stereocenters. The summed E-state index contributed by atoms with van der Waals surface area (Å²) in [6.07, 6.45) is 0.